The van der Waals surface area contributed by atoms with E-state index in [1.54, 1.807) is 0 Å². The monoisotopic (exact) mass is 274 g/mol. The molecule has 0 aromatic heterocycles. The van der Waals surface area contributed by atoms with Crippen LogP contribution in [0.15, 0.2) is 18.2 Å². The Bertz CT molecular complexity index is 428. The zero-order valence-electron chi connectivity index (χ0n) is 8.38. The number of hydrogen-bond acceptors (Lipinski definition) is 3. The van der Waals surface area contributed by atoms with E-state index in [0.29, 0.717) is 12.1 Å². The minimum Gasteiger partial charge on any atom is -0.511 e. The molecule has 0 spiro atoms. The van der Waals surface area contributed by atoms with Gasteiger partial charge in [-0.05, 0) is 18.2 Å². The smallest absolute Gasteiger partial charge is 0.511 e. The molecule has 18 heavy (non-hydrogen) atoms. The average molecular weight is 274 g/mol. The number of halogens is 6. The Morgan fingerprint density at radius 1 is 0.944 bits per heavy atom. The maximum Gasteiger partial charge on any atom is 0.707 e. The summed E-state index contributed by atoms with van der Waals surface area (Å²) in [7, 11) is -2.57. The average Bonchev–Trinajstić information content (AvgIpc) is 2.13. The molecule has 3 nitrogen and oxygen atoms in total. The molecule has 10 heteroatoms. The lowest BCUT2D eigenvalue weighted by Gasteiger charge is -2.16. The second-order valence-electron chi connectivity index (χ2n) is 3.15. The molecule has 100 valence electrons. The Hall–Kier alpha value is -1.42. The van der Waals surface area contributed by atoms with Gasteiger partial charge in [0, 0.05) is 0 Å². The molecule has 0 amide bonds. The van der Waals surface area contributed by atoms with E-state index >= 15 is 0 Å². The highest BCUT2D eigenvalue weighted by molar-refractivity contribution is 6.33. The summed E-state index contributed by atoms with van der Waals surface area (Å²) in [5, 5.41) is 16.7. The van der Waals surface area contributed by atoms with Crippen LogP contribution in [0.5, 0.6) is 5.75 Å². The van der Waals surface area contributed by atoms with E-state index in [1.165, 1.54) is 0 Å². The number of hydrogen-bond donors (Lipinski definition) is 2. The van der Waals surface area contributed by atoms with Gasteiger partial charge in [0.25, 0.3) is 0 Å². The molecule has 0 atom stereocenters. The minimum absolute atomic E-state index is 0.169. The molecule has 1 aromatic rings. The molecule has 0 heterocycles. The fourth-order valence-corrected chi connectivity index (χ4v) is 1.14. The maximum atomic E-state index is 12.5. The summed E-state index contributed by atoms with van der Waals surface area (Å²) >= 11 is 0. The van der Waals surface area contributed by atoms with Crippen molar-refractivity contribution in [3.05, 3.63) is 29.3 Å². The van der Waals surface area contributed by atoms with Gasteiger partial charge in [-0.15, -0.1) is 0 Å². The quantitative estimate of drug-likeness (QED) is 0.641. The Morgan fingerprint density at radius 2 is 1.50 bits per heavy atom. The van der Waals surface area contributed by atoms with Crippen molar-refractivity contribution in [2.24, 2.45) is 0 Å². The minimum atomic E-state index is -5.12. The Kier molecular flexibility index (Phi) is 3.82. The summed E-state index contributed by atoms with van der Waals surface area (Å²) < 4.78 is 78.1. The summed E-state index contributed by atoms with van der Waals surface area (Å²) in [6.45, 7) is 0. The zero-order chi connectivity index (χ0) is 14.1. The van der Waals surface area contributed by atoms with Crippen LogP contribution in [0.25, 0.3) is 0 Å². The van der Waals surface area contributed by atoms with Crippen molar-refractivity contribution in [1.29, 1.82) is 0 Å². The van der Waals surface area contributed by atoms with Crippen LogP contribution in [0.2, 0.25) is 0 Å². The van der Waals surface area contributed by atoms with Crippen LogP contribution in [0, 0.1) is 0 Å². The van der Waals surface area contributed by atoms with Gasteiger partial charge >= 0.3 is 19.7 Å². The predicted octanol–water partition coefficient (Wildman–Crippen LogP) is 2.07. The first-order valence-electron chi connectivity index (χ1n) is 4.33. The molecule has 0 saturated carbocycles. The van der Waals surface area contributed by atoms with Crippen molar-refractivity contribution in [3.63, 3.8) is 0 Å². The lowest BCUT2D eigenvalue weighted by molar-refractivity contribution is -0.143. The topological polar surface area (TPSA) is 49.7 Å². The van der Waals surface area contributed by atoms with Crippen molar-refractivity contribution < 1.29 is 41.0 Å². The van der Waals surface area contributed by atoms with Crippen molar-refractivity contribution >= 4 is 7.32 Å². The molecule has 0 aliphatic carbocycles. The third-order valence-electron chi connectivity index (χ3n) is 1.84. The molecule has 0 aliphatic heterocycles. The van der Waals surface area contributed by atoms with Gasteiger partial charge in [0.2, 0.25) is 0 Å². The second kappa shape index (κ2) is 4.69. The molecule has 0 fully saturated rings. The Labute approximate surface area is 96.8 Å². The van der Waals surface area contributed by atoms with Crippen molar-refractivity contribution in [2.45, 2.75) is 12.4 Å². The fourth-order valence-electron chi connectivity index (χ4n) is 1.14. The number of alkyl halides is 6. The van der Waals surface area contributed by atoms with Gasteiger partial charge in [0.1, 0.15) is 5.75 Å². The molecule has 2 N–H and O–H groups in total. The van der Waals surface area contributed by atoms with Gasteiger partial charge in [-0.2, -0.15) is 26.3 Å². The van der Waals surface area contributed by atoms with Gasteiger partial charge in [-0.3, -0.25) is 0 Å². The second-order valence-corrected chi connectivity index (χ2v) is 3.15. The first-order chi connectivity index (χ1) is 8.01. The standard InChI is InChI=1S/C8H5BF6O3/c10-7(11,12)4-1-2-6(18-9(16)17)5(3-4)8(13,14)15/h1-3,16-17H. The van der Waals surface area contributed by atoms with Crippen LogP contribution in [0.1, 0.15) is 11.1 Å². The van der Waals surface area contributed by atoms with E-state index in [1.807, 2.05) is 0 Å². The molecule has 0 unspecified atom stereocenters. The van der Waals surface area contributed by atoms with Crippen LogP contribution in [0.3, 0.4) is 0 Å². The zero-order valence-corrected chi connectivity index (χ0v) is 8.38. The molecule has 0 radical (unpaired) electrons. The maximum absolute atomic E-state index is 12.5. The number of rotatable bonds is 2. The van der Waals surface area contributed by atoms with E-state index < -0.39 is 36.6 Å². The SMILES string of the molecule is OB(O)Oc1ccc(C(F)(F)F)cc1C(F)(F)F. The summed E-state index contributed by atoms with van der Waals surface area (Å²) in [5.41, 5.74) is -3.26. The highest BCUT2D eigenvalue weighted by atomic mass is 19.4. The molecule has 1 rings (SSSR count). The van der Waals surface area contributed by atoms with Gasteiger partial charge < -0.3 is 14.7 Å². The van der Waals surface area contributed by atoms with Crippen molar-refractivity contribution in [1.82, 2.24) is 0 Å². The summed E-state index contributed by atoms with van der Waals surface area (Å²) in [6.07, 6.45) is -10.1. The largest absolute Gasteiger partial charge is 0.707 e. The summed E-state index contributed by atoms with van der Waals surface area (Å²) in [5.74, 6) is -1.11. The van der Waals surface area contributed by atoms with Crippen molar-refractivity contribution in [2.75, 3.05) is 0 Å². The molecule has 0 aliphatic rings. The first kappa shape index (κ1) is 14.6. The van der Waals surface area contributed by atoms with E-state index in [-0.39, 0.29) is 6.07 Å². The predicted molar refractivity (Wildman–Crippen MR) is 47.3 cm³/mol. The fraction of sp³-hybridized carbons (Fsp3) is 0.250. The van der Waals surface area contributed by atoms with Crippen LogP contribution >= 0.6 is 0 Å². The Morgan fingerprint density at radius 3 is 1.89 bits per heavy atom. The van der Waals surface area contributed by atoms with E-state index in [0.717, 1.165) is 0 Å². The third-order valence-corrected chi connectivity index (χ3v) is 1.84. The van der Waals surface area contributed by atoms with Crippen LogP contribution in [0.4, 0.5) is 26.3 Å². The molecule has 1 aromatic carbocycles. The highest BCUT2D eigenvalue weighted by Crippen LogP contribution is 2.40. The Balaban J connectivity index is 3.30. The van der Waals surface area contributed by atoms with Crippen LogP contribution in [-0.2, 0) is 12.4 Å². The molecule has 0 bridgehead atoms. The molecular weight excluding hydrogens is 269 g/mol. The highest BCUT2D eigenvalue weighted by Gasteiger charge is 2.39. The number of benzene rings is 1. The van der Waals surface area contributed by atoms with Gasteiger partial charge in [0.05, 0.1) is 11.1 Å². The molecule has 0 saturated heterocycles. The lowest BCUT2D eigenvalue weighted by atomic mass is 10.1. The van der Waals surface area contributed by atoms with Gasteiger partial charge in [-0.25, -0.2) is 0 Å². The van der Waals surface area contributed by atoms with Gasteiger partial charge in [-0.1, -0.05) is 0 Å². The van der Waals surface area contributed by atoms with E-state index in [2.05, 4.69) is 4.65 Å². The third kappa shape index (κ3) is 3.54. The van der Waals surface area contributed by atoms with Crippen molar-refractivity contribution in [3.8, 4) is 5.75 Å². The normalized spacial score (nSPS) is 12.4. The lowest BCUT2D eigenvalue weighted by Crippen LogP contribution is -2.23. The van der Waals surface area contributed by atoms with Gasteiger partial charge in [0.15, 0.2) is 0 Å². The van der Waals surface area contributed by atoms with E-state index in [9.17, 15) is 26.3 Å². The summed E-state index contributed by atoms with van der Waals surface area (Å²) in [4.78, 5) is 0. The van der Waals surface area contributed by atoms with Crippen LogP contribution < -0.4 is 4.65 Å². The molecular formula is C8H5BF6O3. The van der Waals surface area contributed by atoms with Crippen LogP contribution in [-0.4, -0.2) is 17.4 Å². The first-order valence-corrected chi connectivity index (χ1v) is 4.33. The van der Waals surface area contributed by atoms with E-state index in [4.69, 9.17) is 10.0 Å². The summed E-state index contributed by atoms with van der Waals surface area (Å²) in [6, 6.07) is 0.537.